The maximum absolute atomic E-state index is 12.5. The summed E-state index contributed by atoms with van der Waals surface area (Å²) in [4.78, 5) is 0. The van der Waals surface area contributed by atoms with Gasteiger partial charge in [0.2, 0.25) is 0 Å². The van der Waals surface area contributed by atoms with Crippen molar-refractivity contribution in [1.82, 2.24) is 0 Å². The molecule has 0 N–H and O–H groups in total. The average molecular weight is 150 g/mol. The molecule has 0 aliphatic carbocycles. The fraction of sp³-hybridized carbons (Fsp3) is 0.125. The Kier molecular flexibility index (Phi) is 2.19. The molecule has 0 amide bonds. The lowest BCUT2D eigenvalue weighted by Crippen LogP contribution is -1.86. The number of benzene rings is 1. The Morgan fingerprint density at radius 2 is 2.18 bits per heavy atom. The van der Waals surface area contributed by atoms with Gasteiger partial charge in [-0.05, 0) is 23.8 Å². The van der Waals surface area contributed by atoms with Gasteiger partial charge in [-0.2, -0.15) is 5.26 Å². The normalized spacial score (nSPS) is 9.18. The van der Waals surface area contributed by atoms with E-state index in [2.05, 4.69) is 0 Å². The SMILES string of the molecule is N#Cc1cc(F)cc(C[O])c1. The van der Waals surface area contributed by atoms with Gasteiger partial charge in [-0.25, -0.2) is 9.50 Å². The summed E-state index contributed by atoms with van der Waals surface area (Å²) in [5, 5.41) is 18.6. The van der Waals surface area contributed by atoms with Gasteiger partial charge in [0, 0.05) is 0 Å². The molecule has 3 heteroatoms. The second-order valence-corrected chi connectivity index (χ2v) is 2.10. The van der Waals surface area contributed by atoms with E-state index in [0.29, 0.717) is 5.56 Å². The van der Waals surface area contributed by atoms with Crippen molar-refractivity contribution < 1.29 is 9.50 Å². The molecule has 1 aromatic rings. The van der Waals surface area contributed by atoms with Gasteiger partial charge in [0.05, 0.1) is 11.6 Å². The molecule has 11 heavy (non-hydrogen) atoms. The molecule has 0 aliphatic rings. The zero-order valence-electron chi connectivity index (χ0n) is 5.67. The monoisotopic (exact) mass is 150 g/mol. The molecule has 0 atom stereocenters. The lowest BCUT2D eigenvalue weighted by atomic mass is 10.1. The van der Waals surface area contributed by atoms with Gasteiger partial charge < -0.3 is 0 Å². The lowest BCUT2D eigenvalue weighted by Gasteiger charge is -1.94. The van der Waals surface area contributed by atoms with Crippen molar-refractivity contribution in [2.24, 2.45) is 0 Å². The predicted molar refractivity (Wildman–Crippen MR) is 35.5 cm³/mol. The van der Waals surface area contributed by atoms with E-state index in [1.165, 1.54) is 6.07 Å². The third kappa shape index (κ3) is 1.76. The summed E-state index contributed by atoms with van der Waals surface area (Å²) in [5.74, 6) is -0.532. The van der Waals surface area contributed by atoms with Crippen LogP contribution in [0.4, 0.5) is 4.39 Å². The van der Waals surface area contributed by atoms with Crippen molar-refractivity contribution in [3.05, 3.63) is 35.1 Å². The Morgan fingerprint density at radius 1 is 1.45 bits per heavy atom. The minimum atomic E-state index is -0.532. The van der Waals surface area contributed by atoms with Crippen LogP contribution in [0.3, 0.4) is 0 Å². The second-order valence-electron chi connectivity index (χ2n) is 2.10. The van der Waals surface area contributed by atoms with Crippen LogP contribution < -0.4 is 0 Å². The summed E-state index contributed by atoms with van der Waals surface area (Å²) in [6, 6.07) is 5.38. The van der Waals surface area contributed by atoms with E-state index in [-0.39, 0.29) is 5.56 Å². The summed E-state index contributed by atoms with van der Waals surface area (Å²) < 4.78 is 12.5. The molecule has 0 aromatic heterocycles. The maximum atomic E-state index is 12.5. The van der Waals surface area contributed by atoms with Crippen LogP contribution in [0.15, 0.2) is 18.2 Å². The molecule has 0 saturated carbocycles. The molecule has 0 fully saturated rings. The van der Waals surface area contributed by atoms with Crippen molar-refractivity contribution in [1.29, 1.82) is 5.26 Å². The first kappa shape index (κ1) is 7.70. The van der Waals surface area contributed by atoms with Crippen molar-refractivity contribution in [2.75, 3.05) is 0 Å². The number of hydrogen-bond acceptors (Lipinski definition) is 1. The van der Waals surface area contributed by atoms with Crippen molar-refractivity contribution in [3.8, 4) is 6.07 Å². The van der Waals surface area contributed by atoms with Gasteiger partial charge in [-0.3, -0.25) is 0 Å². The molecule has 0 unspecified atom stereocenters. The highest BCUT2D eigenvalue weighted by atomic mass is 19.1. The van der Waals surface area contributed by atoms with E-state index in [0.717, 1.165) is 12.1 Å². The average Bonchev–Trinajstić information content (AvgIpc) is 2.03. The van der Waals surface area contributed by atoms with Crippen LogP contribution in [0.2, 0.25) is 0 Å². The van der Waals surface area contributed by atoms with Crippen LogP contribution in [-0.4, -0.2) is 0 Å². The lowest BCUT2D eigenvalue weighted by molar-refractivity contribution is 0.177. The van der Waals surface area contributed by atoms with Crippen LogP contribution in [0, 0.1) is 17.1 Å². The first-order valence-corrected chi connectivity index (χ1v) is 3.04. The largest absolute Gasteiger partial charge is 0.232 e. The van der Waals surface area contributed by atoms with Gasteiger partial charge >= 0.3 is 0 Å². The molecule has 1 rings (SSSR count). The summed E-state index contributed by atoms with van der Waals surface area (Å²) in [6.07, 6.45) is 0. The Balaban J connectivity index is 3.15. The Labute approximate surface area is 63.5 Å². The molecule has 1 radical (unpaired) electrons. The molecule has 0 spiro atoms. The van der Waals surface area contributed by atoms with Crippen LogP contribution in [-0.2, 0) is 11.7 Å². The quantitative estimate of drug-likeness (QED) is 0.599. The molecule has 0 saturated heterocycles. The number of rotatable bonds is 1. The smallest absolute Gasteiger partial charge is 0.124 e. The summed E-state index contributed by atoms with van der Waals surface area (Å²) in [7, 11) is 0. The number of nitrogens with zero attached hydrogens (tertiary/aromatic N) is 1. The number of nitriles is 1. The Morgan fingerprint density at radius 3 is 2.73 bits per heavy atom. The first-order valence-electron chi connectivity index (χ1n) is 3.04. The predicted octanol–water partition coefficient (Wildman–Crippen LogP) is 1.63. The molecule has 2 nitrogen and oxygen atoms in total. The topological polar surface area (TPSA) is 43.7 Å². The van der Waals surface area contributed by atoms with E-state index in [1.54, 1.807) is 6.07 Å². The van der Waals surface area contributed by atoms with Gasteiger partial charge in [-0.1, -0.05) is 0 Å². The molecule has 0 heterocycles. The first-order chi connectivity index (χ1) is 5.26. The van der Waals surface area contributed by atoms with E-state index >= 15 is 0 Å². The van der Waals surface area contributed by atoms with Gasteiger partial charge in [-0.15, -0.1) is 0 Å². The molecule has 55 valence electrons. The molecular formula is C8H5FNO. The minimum Gasteiger partial charge on any atom is -0.232 e. The highest BCUT2D eigenvalue weighted by Gasteiger charge is 1.98. The summed E-state index contributed by atoms with van der Waals surface area (Å²) >= 11 is 0. The van der Waals surface area contributed by atoms with E-state index < -0.39 is 12.4 Å². The van der Waals surface area contributed by atoms with Gasteiger partial charge in [0.25, 0.3) is 0 Å². The van der Waals surface area contributed by atoms with E-state index in [9.17, 15) is 9.50 Å². The third-order valence-corrected chi connectivity index (χ3v) is 1.25. The fourth-order valence-electron chi connectivity index (χ4n) is 0.798. The van der Waals surface area contributed by atoms with Crippen LogP contribution in [0.5, 0.6) is 0 Å². The number of hydrogen-bond donors (Lipinski definition) is 0. The Bertz CT molecular complexity index is 303. The third-order valence-electron chi connectivity index (χ3n) is 1.25. The second kappa shape index (κ2) is 3.13. The van der Waals surface area contributed by atoms with Crippen LogP contribution in [0.1, 0.15) is 11.1 Å². The summed E-state index contributed by atoms with van der Waals surface area (Å²) in [6.45, 7) is -0.494. The Hall–Kier alpha value is -1.40. The molecule has 0 bridgehead atoms. The van der Waals surface area contributed by atoms with E-state index in [1.807, 2.05) is 0 Å². The van der Waals surface area contributed by atoms with Crippen LogP contribution >= 0.6 is 0 Å². The fourth-order valence-corrected chi connectivity index (χ4v) is 0.798. The van der Waals surface area contributed by atoms with Gasteiger partial charge in [0.1, 0.15) is 12.4 Å². The molecular weight excluding hydrogens is 145 g/mol. The zero-order chi connectivity index (χ0) is 8.27. The highest BCUT2D eigenvalue weighted by Crippen LogP contribution is 2.07. The molecule has 1 aromatic carbocycles. The standard InChI is InChI=1S/C8H5FNO/c9-8-2-6(4-10)1-7(3-8)5-11/h1-3H,5H2. The molecule has 0 aliphatic heterocycles. The van der Waals surface area contributed by atoms with Crippen molar-refractivity contribution in [2.45, 2.75) is 6.61 Å². The van der Waals surface area contributed by atoms with Gasteiger partial charge in [0.15, 0.2) is 0 Å². The number of halogens is 1. The van der Waals surface area contributed by atoms with E-state index in [4.69, 9.17) is 5.26 Å². The maximum Gasteiger partial charge on any atom is 0.124 e. The minimum absolute atomic E-state index is 0.191. The van der Waals surface area contributed by atoms with Crippen molar-refractivity contribution in [3.63, 3.8) is 0 Å². The highest BCUT2D eigenvalue weighted by molar-refractivity contribution is 5.33. The van der Waals surface area contributed by atoms with Crippen molar-refractivity contribution >= 4 is 0 Å². The zero-order valence-corrected chi connectivity index (χ0v) is 5.67. The van der Waals surface area contributed by atoms with Crippen LogP contribution in [0.25, 0.3) is 0 Å². The summed E-state index contributed by atoms with van der Waals surface area (Å²) in [5.41, 5.74) is 0.498.